The van der Waals surface area contributed by atoms with Gasteiger partial charge in [-0.05, 0) is 58.7 Å². The Hall–Kier alpha value is -0.370. The molecule has 0 aromatic carbocycles. The summed E-state index contributed by atoms with van der Waals surface area (Å²) in [7, 11) is 2.19. The first-order valence-corrected chi connectivity index (χ1v) is 5.36. The number of Topliss-reactive ketones (excluding diaryl/α,β-unsaturated/α-hetero) is 1. The molecule has 0 bridgehead atoms. The summed E-state index contributed by atoms with van der Waals surface area (Å²) in [5, 5.41) is 0. The van der Waals surface area contributed by atoms with Crippen LogP contribution >= 0.6 is 0 Å². The predicted octanol–water partition coefficient (Wildman–Crippen LogP) is 2.09. The summed E-state index contributed by atoms with van der Waals surface area (Å²) in [6.45, 7) is 4.14. The van der Waals surface area contributed by atoms with Crippen molar-refractivity contribution >= 4 is 5.78 Å². The van der Waals surface area contributed by atoms with Crippen LogP contribution in [0.2, 0.25) is 0 Å². The summed E-state index contributed by atoms with van der Waals surface area (Å²) in [6, 6.07) is 0. The lowest BCUT2D eigenvalue weighted by Crippen LogP contribution is -2.18. The molecule has 1 heterocycles. The van der Waals surface area contributed by atoms with Gasteiger partial charge in [-0.25, -0.2) is 0 Å². The van der Waals surface area contributed by atoms with Crippen LogP contribution in [0, 0.1) is 5.92 Å². The molecular weight excluding hydrogens is 162 g/mol. The Morgan fingerprint density at radius 3 is 2.85 bits per heavy atom. The number of likely N-dealkylation sites (tertiary alicyclic amines) is 1. The lowest BCUT2D eigenvalue weighted by molar-refractivity contribution is -0.117. The first-order valence-electron chi connectivity index (χ1n) is 5.36. The minimum absolute atomic E-state index is 0.345. The summed E-state index contributed by atoms with van der Waals surface area (Å²) >= 11 is 0. The van der Waals surface area contributed by atoms with Crippen LogP contribution in [0.1, 0.15) is 39.0 Å². The molecule has 76 valence electrons. The maximum Gasteiger partial charge on any atom is 0.129 e. The lowest BCUT2D eigenvalue weighted by Gasteiger charge is -2.13. The van der Waals surface area contributed by atoms with Crippen LogP contribution in [0.3, 0.4) is 0 Å². The van der Waals surface area contributed by atoms with Crippen molar-refractivity contribution in [3.8, 4) is 0 Å². The summed E-state index contributed by atoms with van der Waals surface area (Å²) in [5.74, 6) is 1.14. The van der Waals surface area contributed by atoms with E-state index in [0.717, 1.165) is 18.8 Å². The molecule has 1 fully saturated rings. The topological polar surface area (TPSA) is 20.3 Å². The van der Waals surface area contributed by atoms with E-state index in [2.05, 4.69) is 11.9 Å². The SMILES string of the molecule is CC(=O)CCC1CCCN(C)CC1. The molecule has 0 aliphatic carbocycles. The monoisotopic (exact) mass is 183 g/mol. The molecule has 0 spiro atoms. The van der Waals surface area contributed by atoms with Crippen LogP contribution in [-0.4, -0.2) is 30.8 Å². The zero-order valence-electron chi connectivity index (χ0n) is 8.88. The number of rotatable bonds is 3. The predicted molar refractivity (Wildman–Crippen MR) is 54.8 cm³/mol. The maximum atomic E-state index is 10.8. The van der Waals surface area contributed by atoms with Gasteiger partial charge in [0.1, 0.15) is 5.78 Å². The van der Waals surface area contributed by atoms with Crippen molar-refractivity contribution in [2.45, 2.75) is 39.0 Å². The molecule has 0 N–H and O–H groups in total. The van der Waals surface area contributed by atoms with E-state index in [4.69, 9.17) is 0 Å². The standard InChI is InChI=1S/C11H21NO/c1-10(13)5-6-11-4-3-8-12(2)9-7-11/h11H,3-9H2,1-2H3. The van der Waals surface area contributed by atoms with Crippen LogP contribution in [0.25, 0.3) is 0 Å². The molecule has 1 aliphatic heterocycles. The molecule has 0 radical (unpaired) electrons. The zero-order chi connectivity index (χ0) is 9.68. The second-order valence-electron chi connectivity index (χ2n) is 4.34. The molecule has 1 unspecified atom stereocenters. The summed E-state index contributed by atoms with van der Waals surface area (Å²) < 4.78 is 0. The highest BCUT2D eigenvalue weighted by Crippen LogP contribution is 2.21. The van der Waals surface area contributed by atoms with E-state index < -0.39 is 0 Å². The van der Waals surface area contributed by atoms with Gasteiger partial charge >= 0.3 is 0 Å². The van der Waals surface area contributed by atoms with Crippen molar-refractivity contribution in [2.75, 3.05) is 20.1 Å². The number of hydrogen-bond acceptors (Lipinski definition) is 2. The molecule has 1 atom stereocenters. The minimum atomic E-state index is 0.345. The minimum Gasteiger partial charge on any atom is -0.306 e. The molecule has 0 aromatic rings. The summed E-state index contributed by atoms with van der Waals surface area (Å²) in [5.41, 5.74) is 0. The largest absolute Gasteiger partial charge is 0.306 e. The van der Waals surface area contributed by atoms with Crippen LogP contribution in [-0.2, 0) is 4.79 Å². The molecule has 13 heavy (non-hydrogen) atoms. The van der Waals surface area contributed by atoms with Gasteiger partial charge in [-0.1, -0.05) is 0 Å². The third kappa shape index (κ3) is 4.41. The van der Waals surface area contributed by atoms with E-state index in [1.807, 2.05) is 0 Å². The Labute approximate surface area is 81.3 Å². The second-order valence-corrected chi connectivity index (χ2v) is 4.34. The highest BCUT2D eigenvalue weighted by molar-refractivity contribution is 5.75. The van der Waals surface area contributed by atoms with Crippen molar-refractivity contribution < 1.29 is 4.79 Å². The molecule has 1 rings (SSSR count). The van der Waals surface area contributed by atoms with Gasteiger partial charge in [0, 0.05) is 6.42 Å². The number of carbonyl (C=O) groups is 1. The fourth-order valence-electron chi connectivity index (χ4n) is 2.01. The van der Waals surface area contributed by atoms with Crippen LogP contribution in [0.4, 0.5) is 0 Å². The van der Waals surface area contributed by atoms with E-state index in [9.17, 15) is 4.79 Å². The molecule has 2 heteroatoms. The third-order valence-corrected chi connectivity index (χ3v) is 2.98. The Balaban J connectivity index is 2.22. The molecule has 0 saturated carbocycles. The zero-order valence-corrected chi connectivity index (χ0v) is 8.88. The Morgan fingerprint density at radius 2 is 2.15 bits per heavy atom. The first kappa shape index (κ1) is 10.7. The lowest BCUT2D eigenvalue weighted by atomic mass is 9.94. The average molecular weight is 183 g/mol. The van der Waals surface area contributed by atoms with Crippen LogP contribution < -0.4 is 0 Å². The second kappa shape index (κ2) is 5.38. The van der Waals surface area contributed by atoms with Crippen LogP contribution in [0.5, 0.6) is 0 Å². The highest BCUT2D eigenvalue weighted by Gasteiger charge is 2.14. The Morgan fingerprint density at radius 1 is 1.38 bits per heavy atom. The molecule has 1 aliphatic rings. The van der Waals surface area contributed by atoms with E-state index in [1.54, 1.807) is 6.92 Å². The highest BCUT2D eigenvalue weighted by atomic mass is 16.1. The fraction of sp³-hybridized carbons (Fsp3) is 0.909. The van der Waals surface area contributed by atoms with E-state index >= 15 is 0 Å². The van der Waals surface area contributed by atoms with Gasteiger partial charge in [-0.15, -0.1) is 0 Å². The Kier molecular flexibility index (Phi) is 4.43. The third-order valence-electron chi connectivity index (χ3n) is 2.98. The molecule has 0 aromatic heterocycles. The average Bonchev–Trinajstić information content (AvgIpc) is 2.27. The quantitative estimate of drug-likeness (QED) is 0.667. The van der Waals surface area contributed by atoms with Crippen molar-refractivity contribution in [1.29, 1.82) is 0 Å². The van der Waals surface area contributed by atoms with Crippen molar-refractivity contribution in [3.63, 3.8) is 0 Å². The van der Waals surface area contributed by atoms with Gasteiger partial charge in [0.2, 0.25) is 0 Å². The van der Waals surface area contributed by atoms with Gasteiger partial charge in [-0.3, -0.25) is 0 Å². The normalized spacial score (nSPS) is 25.5. The number of hydrogen-bond donors (Lipinski definition) is 0. The maximum absolute atomic E-state index is 10.8. The van der Waals surface area contributed by atoms with E-state index in [0.29, 0.717) is 5.78 Å². The fourth-order valence-corrected chi connectivity index (χ4v) is 2.01. The van der Waals surface area contributed by atoms with Gasteiger partial charge in [0.05, 0.1) is 0 Å². The smallest absolute Gasteiger partial charge is 0.129 e. The summed E-state index contributed by atoms with van der Waals surface area (Å²) in [4.78, 5) is 13.2. The van der Waals surface area contributed by atoms with Crippen LogP contribution in [0.15, 0.2) is 0 Å². The number of nitrogens with zero attached hydrogens (tertiary/aromatic N) is 1. The van der Waals surface area contributed by atoms with Gasteiger partial charge in [-0.2, -0.15) is 0 Å². The first-order chi connectivity index (χ1) is 6.18. The van der Waals surface area contributed by atoms with Crippen molar-refractivity contribution in [1.82, 2.24) is 4.90 Å². The van der Waals surface area contributed by atoms with E-state index in [1.165, 1.54) is 32.4 Å². The van der Waals surface area contributed by atoms with Gasteiger partial charge in [0.25, 0.3) is 0 Å². The molecule has 1 saturated heterocycles. The summed E-state index contributed by atoms with van der Waals surface area (Å²) in [6.07, 6.45) is 5.80. The number of ketones is 1. The molecular formula is C11H21NO. The number of carbonyl (C=O) groups excluding carboxylic acids is 1. The van der Waals surface area contributed by atoms with Gasteiger partial charge in [0.15, 0.2) is 0 Å². The molecule has 0 amide bonds. The van der Waals surface area contributed by atoms with E-state index in [-0.39, 0.29) is 0 Å². The van der Waals surface area contributed by atoms with Gasteiger partial charge < -0.3 is 9.69 Å². The Bertz CT molecular complexity index is 167. The van der Waals surface area contributed by atoms with Crippen molar-refractivity contribution in [2.24, 2.45) is 5.92 Å². The molecule has 2 nitrogen and oxygen atoms in total. The van der Waals surface area contributed by atoms with Crippen molar-refractivity contribution in [3.05, 3.63) is 0 Å².